The third kappa shape index (κ3) is 2.84. The molecule has 106 valence electrons. The summed E-state index contributed by atoms with van der Waals surface area (Å²) in [5, 5.41) is 3.77. The Bertz CT molecular complexity index is 422. The van der Waals surface area contributed by atoms with E-state index in [0.717, 1.165) is 19.0 Å². The van der Waals surface area contributed by atoms with Crippen LogP contribution in [-0.4, -0.2) is 39.6 Å². The molecule has 0 radical (unpaired) electrons. The number of imidazole rings is 1. The predicted octanol–water partition coefficient (Wildman–Crippen LogP) is 1.63. The Morgan fingerprint density at radius 1 is 1.42 bits per heavy atom. The highest BCUT2D eigenvalue weighted by molar-refractivity contribution is 4.98. The topological polar surface area (TPSA) is 33.1 Å². The van der Waals surface area contributed by atoms with Gasteiger partial charge in [-0.1, -0.05) is 13.8 Å². The van der Waals surface area contributed by atoms with Gasteiger partial charge in [-0.2, -0.15) is 0 Å². The molecule has 2 aliphatic rings. The second kappa shape index (κ2) is 5.25. The monoisotopic (exact) mass is 262 g/mol. The van der Waals surface area contributed by atoms with Crippen molar-refractivity contribution in [3.63, 3.8) is 0 Å². The quantitative estimate of drug-likeness (QED) is 0.895. The molecule has 1 aliphatic heterocycles. The largest absolute Gasteiger partial charge is 0.337 e. The van der Waals surface area contributed by atoms with Gasteiger partial charge in [-0.3, -0.25) is 4.90 Å². The Hall–Kier alpha value is -0.870. The molecular weight excluding hydrogens is 236 g/mol. The van der Waals surface area contributed by atoms with Gasteiger partial charge in [0.15, 0.2) is 0 Å². The maximum Gasteiger partial charge on any atom is 0.122 e. The van der Waals surface area contributed by atoms with E-state index in [4.69, 9.17) is 0 Å². The number of aromatic nitrogens is 2. The summed E-state index contributed by atoms with van der Waals surface area (Å²) in [6.45, 7) is 7.95. The first-order chi connectivity index (χ1) is 9.15. The lowest BCUT2D eigenvalue weighted by atomic mass is 9.97. The lowest BCUT2D eigenvalue weighted by Gasteiger charge is -2.42. The van der Waals surface area contributed by atoms with Crippen LogP contribution in [0.3, 0.4) is 0 Å². The average molecular weight is 262 g/mol. The van der Waals surface area contributed by atoms with Crippen LogP contribution in [0.15, 0.2) is 12.4 Å². The first-order valence-corrected chi connectivity index (χ1v) is 7.58. The highest BCUT2D eigenvalue weighted by atomic mass is 15.3. The first-order valence-electron chi connectivity index (χ1n) is 7.58. The van der Waals surface area contributed by atoms with Gasteiger partial charge in [0.1, 0.15) is 5.82 Å². The van der Waals surface area contributed by atoms with Crippen molar-refractivity contribution in [2.75, 3.05) is 13.1 Å². The molecule has 4 heteroatoms. The molecule has 0 amide bonds. The Morgan fingerprint density at radius 2 is 2.21 bits per heavy atom. The molecule has 1 aromatic rings. The second-order valence-electron chi connectivity index (χ2n) is 6.55. The molecule has 1 aromatic heterocycles. The Balaban J connectivity index is 1.71. The molecular formula is C15H26N4. The minimum atomic E-state index is 0.631. The smallest absolute Gasteiger partial charge is 0.122 e. The second-order valence-corrected chi connectivity index (χ2v) is 6.55. The SMILES string of the molecule is CC(C)C1CNC(C2CC2)CN1Cc1nccn1C. The van der Waals surface area contributed by atoms with Crippen LogP contribution in [0.25, 0.3) is 0 Å². The molecule has 0 bridgehead atoms. The fourth-order valence-corrected chi connectivity index (χ4v) is 3.24. The zero-order valence-corrected chi connectivity index (χ0v) is 12.3. The summed E-state index contributed by atoms with van der Waals surface area (Å²) in [7, 11) is 2.09. The van der Waals surface area contributed by atoms with Crippen molar-refractivity contribution in [3.05, 3.63) is 18.2 Å². The van der Waals surface area contributed by atoms with E-state index < -0.39 is 0 Å². The number of hydrogen-bond acceptors (Lipinski definition) is 3. The third-order valence-electron chi connectivity index (χ3n) is 4.72. The molecule has 19 heavy (non-hydrogen) atoms. The molecule has 2 unspecified atom stereocenters. The molecule has 1 N–H and O–H groups in total. The van der Waals surface area contributed by atoms with Crippen LogP contribution < -0.4 is 5.32 Å². The van der Waals surface area contributed by atoms with Crippen molar-refractivity contribution >= 4 is 0 Å². The van der Waals surface area contributed by atoms with Gasteiger partial charge in [-0.05, 0) is 24.7 Å². The number of piperazine rings is 1. The Labute approximate surface area is 116 Å². The van der Waals surface area contributed by atoms with Gasteiger partial charge in [0.2, 0.25) is 0 Å². The van der Waals surface area contributed by atoms with Crippen LogP contribution in [0.4, 0.5) is 0 Å². The number of rotatable bonds is 4. The van der Waals surface area contributed by atoms with E-state index in [1.54, 1.807) is 0 Å². The molecule has 0 spiro atoms. The molecule has 1 saturated heterocycles. The summed E-state index contributed by atoms with van der Waals surface area (Å²) in [5.74, 6) is 2.80. The highest BCUT2D eigenvalue weighted by Gasteiger charge is 2.38. The van der Waals surface area contributed by atoms with Crippen LogP contribution >= 0.6 is 0 Å². The molecule has 2 atom stereocenters. The summed E-state index contributed by atoms with van der Waals surface area (Å²) < 4.78 is 2.14. The van der Waals surface area contributed by atoms with E-state index in [1.165, 1.54) is 25.2 Å². The van der Waals surface area contributed by atoms with Crippen LogP contribution in [0, 0.1) is 11.8 Å². The minimum absolute atomic E-state index is 0.631. The van der Waals surface area contributed by atoms with E-state index in [-0.39, 0.29) is 0 Å². The number of nitrogens with one attached hydrogen (secondary N) is 1. The molecule has 0 aromatic carbocycles. The van der Waals surface area contributed by atoms with Crippen molar-refractivity contribution in [3.8, 4) is 0 Å². The fraction of sp³-hybridized carbons (Fsp3) is 0.800. The van der Waals surface area contributed by atoms with Gasteiger partial charge in [-0.25, -0.2) is 4.98 Å². The standard InChI is InChI=1S/C15H26N4/c1-11(2)14-8-17-13(12-4-5-12)9-19(14)10-15-16-6-7-18(15)3/h6-7,11-14,17H,4-5,8-10H2,1-3H3. The van der Waals surface area contributed by atoms with E-state index in [9.17, 15) is 0 Å². The first kappa shape index (κ1) is 13.1. The molecule has 1 saturated carbocycles. The zero-order chi connectivity index (χ0) is 13.4. The summed E-state index contributed by atoms with van der Waals surface area (Å²) in [6, 6.07) is 1.34. The van der Waals surface area contributed by atoms with Gasteiger partial charge < -0.3 is 9.88 Å². The van der Waals surface area contributed by atoms with Gasteiger partial charge in [0.05, 0.1) is 6.54 Å². The van der Waals surface area contributed by atoms with E-state index in [1.807, 2.05) is 12.4 Å². The van der Waals surface area contributed by atoms with Gasteiger partial charge in [0.25, 0.3) is 0 Å². The van der Waals surface area contributed by atoms with Crippen molar-refractivity contribution in [1.29, 1.82) is 0 Å². The van der Waals surface area contributed by atoms with Crippen molar-refractivity contribution in [2.24, 2.45) is 18.9 Å². The van der Waals surface area contributed by atoms with E-state index >= 15 is 0 Å². The lowest BCUT2D eigenvalue weighted by molar-refractivity contribution is 0.0819. The van der Waals surface area contributed by atoms with Crippen molar-refractivity contribution in [1.82, 2.24) is 19.8 Å². The van der Waals surface area contributed by atoms with E-state index in [0.29, 0.717) is 18.0 Å². The molecule has 3 rings (SSSR count). The van der Waals surface area contributed by atoms with Crippen molar-refractivity contribution in [2.45, 2.75) is 45.3 Å². The normalized spacial score (nSPS) is 29.1. The number of aryl methyl sites for hydroxylation is 1. The molecule has 2 heterocycles. The predicted molar refractivity (Wildman–Crippen MR) is 76.8 cm³/mol. The zero-order valence-electron chi connectivity index (χ0n) is 12.3. The number of hydrogen-bond donors (Lipinski definition) is 1. The van der Waals surface area contributed by atoms with Gasteiger partial charge in [0, 0.05) is 44.6 Å². The van der Waals surface area contributed by atoms with Crippen molar-refractivity contribution < 1.29 is 0 Å². The van der Waals surface area contributed by atoms with E-state index in [2.05, 4.69) is 40.7 Å². The third-order valence-corrected chi connectivity index (χ3v) is 4.72. The number of nitrogens with zero attached hydrogens (tertiary/aromatic N) is 3. The van der Waals surface area contributed by atoms with Gasteiger partial charge in [-0.15, -0.1) is 0 Å². The summed E-state index contributed by atoms with van der Waals surface area (Å²) in [4.78, 5) is 7.14. The maximum absolute atomic E-state index is 4.49. The molecule has 2 fully saturated rings. The van der Waals surface area contributed by atoms with Gasteiger partial charge >= 0.3 is 0 Å². The Morgan fingerprint density at radius 3 is 2.79 bits per heavy atom. The summed E-state index contributed by atoms with van der Waals surface area (Å²) in [6.07, 6.45) is 6.78. The van der Waals surface area contributed by atoms with Crippen LogP contribution in [0.1, 0.15) is 32.5 Å². The highest BCUT2D eigenvalue weighted by Crippen LogP contribution is 2.35. The van der Waals surface area contributed by atoms with Crippen LogP contribution in [0.2, 0.25) is 0 Å². The Kier molecular flexibility index (Phi) is 3.63. The lowest BCUT2D eigenvalue weighted by Crippen LogP contribution is -2.58. The average Bonchev–Trinajstić information content (AvgIpc) is 3.15. The van der Waals surface area contributed by atoms with Crippen LogP contribution in [-0.2, 0) is 13.6 Å². The minimum Gasteiger partial charge on any atom is -0.337 e. The van der Waals surface area contributed by atoms with Crippen LogP contribution in [0.5, 0.6) is 0 Å². The maximum atomic E-state index is 4.49. The molecule has 4 nitrogen and oxygen atoms in total. The fourth-order valence-electron chi connectivity index (χ4n) is 3.24. The molecule has 1 aliphatic carbocycles. The summed E-state index contributed by atoms with van der Waals surface area (Å²) in [5.41, 5.74) is 0. The summed E-state index contributed by atoms with van der Waals surface area (Å²) >= 11 is 0.